The van der Waals surface area contributed by atoms with Crippen LogP contribution in [-0.4, -0.2) is 54.7 Å². The van der Waals surface area contributed by atoms with Crippen molar-refractivity contribution in [1.82, 2.24) is 15.1 Å². The Balaban J connectivity index is 0.000000487. The molecule has 1 aliphatic carbocycles. The molecular formula is C29H27F3N4O3S. The minimum atomic E-state index is -4.64. The van der Waals surface area contributed by atoms with E-state index < -0.39 is 17.9 Å². The van der Waals surface area contributed by atoms with E-state index in [1.165, 1.54) is 10.4 Å². The van der Waals surface area contributed by atoms with Crippen LogP contribution in [0.15, 0.2) is 47.8 Å². The monoisotopic (exact) mass is 568 g/mol. The number of aromatic amines is 1. The SMILES string of the molecule is COc1ccc2c(c1)[C@]1(CC1c1ccc3c(/C=C/c4csc(CN(C)C)c4)n[nH]c3c1)C(=O)N2.O=CC(F)(F)F. The van der Waals surface area contributed by atoms with Crippen LogP contribution in [0.1, 0.15) is 39.6 Å². The molecule has 2 aliphatic rings. The number of anilines is 1. The van der Waals surface area contributed by atoms with Crippen LogP contribution >= 0.6 is 11.3 Å². The molecule has 1 amide bonds. The number of aldehydes is 1. The zero-order chi connectivity index (χ0) is 28.7. The number of thiophene rings is 1. The first-order valence-electron chi connectivity index (χ1n) is 12.5. The zero-order valence-corrected chi connectivity index (χ0v) is 22.8. The Hall–Kier alpha value is -3.96. The minimum Gasteiger partial charge on any atom is -0.497 e. The molecule has 2 atom stereocenters. The molecule has 11 heteroatoms. The molecule has 3 heterocycles. The summed E-state index contributed by atoms with van der Waals surface area (Å²) < 4.78 is 36.7. The predicted molar refractivity (Wildman–Crippen MR) is 150 cm³/mol. The van der Waals surface area contributed by atoms with Crippen LogP contribution in [0.3, 0.4) is 0 Å². The Morgan fingerprint density at radius 3 is 2.65 bits per heavy atom. The van der Waals surface area contributed by atoms with Gasteiger partial charge in [-0.3, -0.25) is 14.7 Å². The molecule has 7 nitrogen and oxygen atoms in total. The second kappa shape index (κ2) is 10.5. The number of fused-ring (bicyclic) bond motifs is 3. The molecule has 208 valence electrons. The maximum atomic E-state index is 13.0. The van der Waals surface area contributed by atoms with E-state index in [0.29, 0.717) is 0 Å². The molecule has 1 aliphatic heterocycles. The van der Waals surface area contributed by atoms with Crippen LogP contribution in [0.25, 0.3) is 23.1 Å². The van der Waals surface area contributed by atoms with Crippen LogP contribution in [0.5, 0.6) is 5.75 Å². The van der Waals surface area contributed by atoms with Gasteiger partial charge in [0.1, 0.15) is 5.75 Å². The second-order valence-electron chi connectivity index (χ2n) is 10.1. The molecule has 0 bridgehead atoms. The average Bonchev–Trinajstić information content (AvgIpc) is 3.15. The number of nitrogens with zero attached hydrogens (tertiary/aromatic N) is 2. The highest BCUT2D eigenvalue weighted by Crippen LogP contribution is 2.65. The van der Waals surface area contributed by atoms with E-state index in [9.17, 15) is 18.0 Å². The van der Waals surface area contributed by atoms with Gasteiger partial charge in [-0.15, -0.1) is 11.3 Å². The van der Waals surface area contributed by atoms with Crippen LogP contribution in [0, 0.1) is 0 Å². The molecule has 2 N–H and O–H groups in total. The van der Waals surface area contributed by atoms with Crippen molar-refractivity contribution in [2.24, 2.45) is 0 Å². The summed E-state index contributed by atoms with van der Waals surface area (Å²) in [6.45, 7) is 0.949. The molecule has 2 aromatic heterocycles. The van der Waals surface area contributed by atoms with Crippen molar-refractivity contribution < 1.29 is 27.5 Å². The fraction of sp³-hybridized carbons (Fsp3) is 0.276. The zero-order valence-electron chi connectivity index (χ0n) is 22.0. The summed E-state index contributed by atoms with van der Waals surface area (Å²) in [7, 11) is 5.82. The van der Waals surface area contributed by atoms with E-state index in [-0.39, 0.29) is 11.8 Å². The largest absolute Gasteiger partial charge is 0.497 e. The van der Waals surface area contributed by atoms with E-state index in [0.717, 1.165) is 52.1 Å². The third kappa shape index (κ3) is 5.39. The third-order valence-corrected chi connectivity index (χ3v) is 7.99. The standard InChI is InChI=1S/C27H26N4O2S.C2HF3O/c1-31(2)14-19-10-16(15-34-19)4-8-23-20-7-5-17(11-25(20)30-29-23)22-13-27(22)21-12-18(33-3)6-9-24(21)28-26(27)32;3-2(4,5)1-6/h4-12,15,22H,13-14H2,1-3H3,(H,28,32)(H,29,30);1H/b8-4+;/t22?,27-;/m0./s1. The second-order valence-corrected chi connectivity index (χ2v) is 11.1. The fourth-order valence-electron chi connectivity index (χ4n) is 5.16. The predicted octanol–water partition coefficient (Wildman–Crippen LogP) is 5.99. The number of nitrogens with one attached hydrogen (secondary N) is 2. The first-order valence-corrected chi connectivity index (χ1v) is 13.3. The molecule has 1 saturated carbocycles. The maximum Gasteiger partial charge on any atom is 0.446 e. The lowest BCUT2D eigenvalue weighted by Gasteiger charge is -2.10. The summed E-state index contributed by atoms with van der Waals surface area (Å²) in [5.41, 5.74) is 5.69. The summed E-state index contributed by atoms with van der Waals surface area (Å²) in [4.78, 5) is 25.2. The van der Waals surface area contributed by atoms with Gasteiger partial charge in [0.05, 0.1) is 23.7 Å². The molecule has 1 spiro atoms. The Morgan fingerprint density at radius 1 is 1.18 bits per heavy atom. The lowest BCUT2D eigenvalue weighted by atomic mass is 9.91. The number of hydrogen-bond acceptors (Lipinski definition) is 6. The molecule has 1 unspecified atom stereocenters. The van der Waals surface area contributed by atoms with E-state index in [4.69, 9.17) is 9.53 Å². The lowest BCUT2D eigenvalue weighted by Crippen LogP contribution is -2.21. The molecule has 2 aromatic carbocycles. The number of hydrogen-bond donors (Lipinski definition) is 2. The quantitative estimate of drug-likeness (QED) is 0.279. The van der Waals surface area contributed by atoms with Crippen LogP contribution in [-0.2, 0) is 21.5 Å². The minimum absolute atomic E-state index is 0.0819. The smallest absolute Gasteiger partial charge is 0.446 e. The summed E-state index contributed by atoms with van der Waals surface area (Å²) in [6.07, 6.45) is -0.723. The van der Waals surface area contributed by atoms with E-state index in [1.54, 1.807) is 18.4 Å². The summed E-state index contributed by atoms with van der Waals surface area (Å²) in [6, 6.07) is 14.4. The Bertz CT molecular complexity index is 1610. The van der Waals surface area contributed by atoms with Gasteiger partial charge in [0.2, 0.25) is 12.2 Å². The van der Waals surface area contributed by atoms with Crippen LogP contribution < -0.4 is 10.1 Å². The van der Waals surface area contributed by atoms with Crippen LogP contribution in [0.4, 0.5) is 18.9 Å². The number of carbonyl (C=O) groups excluding carboxylic acids is 2. The molecule has 40 heavy (non-hydrogen) atoms. The Labute approximate surface area is 232 Å². The van der Waals surface area contributed by atoms with Gasteiger partial charge in [-0.05, 0) is 79.0 Å². The van der Waals surface area contributed by atoms with Gasteiger partial charge in [0.25, 0.3) is 0 Å². The number of rotatable bonds is 6. The van der Waals surface area contributed by atoms with Crippen molar-refractivity contribution >= 4 is 52.3 Å². The number of ether oxygens (including phenoxy) is 1. The first kappa shape index (κ1) is 27.6. The topological polar surface area (TPSA) is 87.3 Å². The Morgan fingerprint density at radius 2 is 1.95 bits per heavy atom. The van der Waals surface area contributed by atoms with Gasteiger partial charge >= 0.3 is 6.18 Å². The number of benzene rings is 2. The fourth-order valence-corrected chi connectivity index (χ4v) is 6.13. The van der Waals surface area contributed by atoms with E-state index >= 15 is 0 Å². The summed E-state index contributed by atoms with van der Waals surface area (Å²) >= 11 is 1.78. The van der Waals surface area contributed by atoms with Crippen molar-refractivity contribution in [2.75, 3.05) is 26.5 Å². The van der Waals surface area contributed by atoms with Crippen molar-refractivity contribution in [3.8, 4) is 5.75 Å². The summed E-state index contributed by atoms with van der Waals surface area (Å²) in [5.74, 6) is 1.01. The van der Waals surface area contributed by atoms with E-state index in [1.807, 2.05) is 18.2 Å². The maximum absolute atomic E-state index is 13.0. The van der Waals surface area contributed by atoms with Gasteiger partial charge in [0.15, 0.2) is 0 Å². The van der Waals surface area contributed by atoms with Crippen molar-refractivity contribution in [1.29, 1.82) is 0 Å². The first-order chi connectivity index (χ1) is 19.0. The van der Waals surface area contributed by atoms with Crippen molar-refractivity contribution in [2.45, 2.75) is 30.5 Å². The number of H-pyrrole nitrogens is 1. The van der Waals surface area contributed by atoms with E-state index in [2.05, 4.69) is 76.3 Å². The van der Waals surface area contributed by atoms with Gasteiger partial charge in [0, 0.05) is 28.4 Å². The lowest BCUT2D eigenvalue weighted by molar-refractivity contribution is -0.156. The molecule has 0 saturated heterocycles. The number of halogens is 3. The van der Waals surface area contributed by atoms with Crippen molar-refractivity contribution in [3.05, 3.63) is 75.1 Å². The molecule has 0 radical (unpaired) electrons. The molecule has 1 fully saturated rings. The third-order valence-electron chi connectivity index (χ3n) is 7.05. The van der Waals surface area contributed by atoms with Gasteiger partial charge in [-0.1, -0.05) is 18.2 Å². The highest BCUT2D eigenvalue weighted by atomic mass is 32.1. The highest BCUT2D eigenvalue weighted by Gasteiger charge is 2.65. The van der Waals surface area contributed by atoms with Crippen LogP contribution in [0.2, 0.25) is 0 Å². The number of amides is 1. The molecule has 6 rings (SSSR count). The van der Waals surface area contributed by atoms with Gasteiger partial charge < -0.3 is 15.0 Å². The highest BCUT2D eigenvalue weighted by molar-refractivity contribution is 7.10. The molecular weight excluding hydrogens is 541 g/mol. The number of methoxy groups -OCH3 is 1. The normalized spacial score (nSPS) is 19.6. The number of aromatic nitrogens is 2. The Kier molecular flexibility index (Phi) is 7.28. The number of alkyl halides is 3. The summed E-state index contributed by atoms with van der Waals surface area (Å²) in [5, 5.41) is 14.0. The molecule has 4 aromatic rings. The van der Waals surface area contributed by atoms with Gasteiger partial charge in [-0.25, -0.2) is 0 Å². The average molecular weight is 569 g/mol. The van der Waals surface area contributed by atoms with Crippen molar-refractivity contribution in [3.63, 3.8) is 0 Å². The number of carbonyl (C=O) groups is 2. The van der Waals surface area contributed by atoms with Gasteiger partial charge in [-0.2, -0.15) is 18.3 Å².